The number of rotatable bonds is 4. The topological polar surface area (TPSA) is 21.3 Å². The lowest BCUT2D eigenvalue weighted by Gasteiger charge is -2.14. The molecule has 1 aromatic carbocycles. The van der Waals surface area contributed by atoms with Crippen molar-refractivity contribution >= 4 is 22.9 Å². The van der Waals surface area contributed by atoms with Gasteiger partial charge in [0, 0.05) is 23.9 Å². The summed E-state index contributed by atoms with van der Waals surface area (Å²) in [6.07, 6.45) is 1.02. The summed E-state index contributed by atoms with van der Waals surface area (Å²) in [5.41, 5.74) is 2.64. The Hall–Kier alpha value is -1.03. The number of halogens is 1. The molecule has 0 saturated heterocycles. The van der Waals surface area contributed by atoms with E-state index in [0.29, 0.717) is 6.04 Å². The normalized spacial score (nSPS) is 15.1. The molecule has 2 aromatic rings. The van der Waals surface area contributed by atoms with Gasteiger partial charge >= 0.3 is 0 Å². The monoisotopic (exact) mass is 293 g/mol. The smallest absolute Gasteiger partial charge is 0.122 e. The third-order valence-corrected chi connectivity index (χ3v) is 4.66. The average molecular weight is 294 g/mol. The minimum absolute atomic E-state index is 0.326. The molecule has 0 amide bonds. The fourth-order valence-electron chi connectivity index (χ4n) is 2.29. The van der Waals surface area contributed by atoms with E-state index in [-0.39, 0.29) is 0 Å². The summed E-state index contributed by atoms with van der Waals surface area (Å²) in [6.45, 7) is 3.85. The second-order valence-corrected chi connectivity index (χ2v) is 6.57. The maximum atomic E-state index is 5.93. The lowest BCUT2D eigenvalue weighted by Crippen LogP contribution is -2.17. The number of hydrogen-bond acceptors (Lipinski definition) is 3. The van der Waals surface area contributed by atoms with Crippen LogP contribution in [0.2, 0.25) is 4.34 Å². The zero-order valence-corrected chi connectivity index (χ0v) is 12.4. The molecule has 2 nitrogen and oxygen atoms in total. The van der Waals surface area contributed by atoms with E-state index in [9.17, 15) is 0 Å². The minimum atomic E-state index is 0.326. The van der Waals surface area contributed by atoms with Crippen molar-refractivity contribution in [2.24, 2.45) is 0 Å². The van der Waals surface area contributed by atoms with E-state index >= 15 is 0 Å². The van der Waals surface area contributed by atoms with Crippen LogP contribution in [0.1, 0.15) is 29.0 Å². The van der Waals surface area contributed by atoms with Crippen LogP contribution in [0.3, 0.4) is 0 Å². The van der Waals surface area contributed by atoms with Gasteiger partial charge in [0.2, 0.25) is 0 Å². The van der Waals surface area contributed by atoms with Crippen LogP contribution in [0.5, 0.6) is 5.75 Å². The van der Waals surface area contributed by atoms with Gasteiger partial charge in [-0.05, 0) is 36.2 Å². The highest BCUT2D eigenvalue weighted by Crippen LogP contribution is 2.28. The predicted molar refractivity (Wildman–Crippen MR) is 80.2 cm³/mol. The van der Waals surface area contributed by atoms with Gasteiger partial charge in [0.25, 0.3) is 0 Å². The molecule has 0 spiro atoms. The lowest BCUT2D eigenvalue weighted by molar-refractivity contribution is 0.356. The first kappa shape index (κ1) is 13.0. The first-order chi connectivity index (χ1) is 9.22. The van der Waals surface area contributed by atoms with E-state index in [2.05, 4.69) is 36.5 Å². The third kappa shape index (κ3) is 2.94. The molecule has 1 N–H and O–H groups in total. The summed E-state index contributed by atoms with van der Waals surface area (Å²) < 4.78 is 6.38. The summed E-state index contributed by atoms with van der Waals surface area (Å²) in [5, 5.41) is 3.53. The van der Waals surface area contributed by atoms with E-state index < -0.39 is 0 Å². The highest BCUT2D eigenvalue weighted by Gasteiger charge is 2.14. The molecule has 3 rings (SSSR count). The average Bonchev–Trinajstić information content (AvgIpc) is 3.03. The van der Waals surface area contributed by atoms with Crippen molar-refractivity contribution in [1.29, 1.82) is 0 Å². The van der Waals surface area contributed by atoms with Crippen molar-refractivity contribution in [3.05, 3.63) is 50.7 Å². The van der Waals surface area contributed by atoms with Gasteiger partial charge in [-0.15, -0.1) is 11.3 Å². The molecule has 0 fully saturated rings. The van der Waals surface area contributed by atoms with Crippen LogP contribution in [0, 0.1) is 0 Å². The summed E-state index contributed by atoms with van der Waals surface area (Å²) in [6, 6.07) is 10.8. The standard InChI is InChI=1S/C15H16ClNOS/c1-10(17-9-13-3-5-15(16)19-13)11-2-4-14-12(8-11)6-7-18-14/h2-5,8,10,17H,6-7,9H2,1H3. The Morgan fingerprint density at radius 2 is 2.26 bits per heavy atom. The number of thiophene rings is 1. The van der Waals surface area contributed by atoms with E-state index in [1.807, 2.05) is 6.07 Å². The highest BCUT2D eigenvalue weighted by molar-refractivity contribution is 7.16. The Labute approximate surface area is 122 Å². The summed E-state index contributed by atoms with van der Waals surface area (Å²) in [7, 11) is 0. The van der Waals surface area contributed by atoms with Crippen LogP contribution in [0.4, 0.5) is 0 Å². The number of hydrogen-bond donors (Lipinski definition) is 1. The van der Waals surface area contributed by atoms with Gasteiger partial charge in [0.15, 0.2) is 0 Å². The number of nitrogens with one attached hydrogen (secondary N) is 1. The molecule has 0 radical (unpaired) electrons. The molecule has 0 saturated carbocycles. The minimum Gasteiger partial charge on any atom is -0.493 e. The molecule has 1 aliphatic rings. The van der Waals surface area contributed by atoms with Crippen LogP contribution in [-0.4, -0.2) is 6.61 Å². The van der Waals surface area contributed by atoms with Gasteiger partial charge in [0.1, 0.15) is 5.75 Å². The van der Waals surface area contributed by atoms with Gasteiger partial charge in [-0.2, -0.15) is 0 Å². The maximum absolute atomic E-state index is 5.93. The Bertz CT molecular complexity index is 581. The van der Waals surface area contributed by atoms with Crippen molar-refractivity contribution < 1.29 is 4.74 Å². The Balaban J connectivity index is 1.65. The van der Waals surface area contributed by atoms with Crippen LogP contribution >= 0.6 is 22.9 Å². The maximum Gasteiger partial charge on any atom is 0.122 e. The molecule has 0 aliphatic carbocycles. The number of benzene rings is 1. The van der Waals surface area contributed by atoms with Crippen molar-refractivity contribution in [3.8, 4) is 5.75 Å². The number of ether oxygens (including phenoxy) is 1. The summed E-state index contributed by atoms with van der Waals surface area (Å²) >= 11 is 7.56. The summed E-state index contributed by atoms with van der Waals surface area (Å²) in [4.78, 5) is 1.27. The van der Waals surface area contributed by atoms with Crippen molar-refractivity contribution in [2.75, 3.05) is 6.61 Å². The fraction of sp³-hybridized carbons (Fsp3) is 0.333. The lowest BCUT2D eigenvalue weighted by atomic mass is 10.0. The van der Waals surface area contributed by atoms with Crippen molar-refractivity contribution in [3.63, 3.8) is 0 Å². The second-order valence-electron chi connectivity index (χ2n) is 4.77. The molecule has 1 unspecified atom stereocenters. The van der Waals surface area contributed by atoms with Crippen molar-refractivity contribution in [1.82, 2.24) is 5.32 Å². The van der Waals surface area contributed by atoms with Crippen LogP contribution < -0.4 is 10.1 Å². The third-order valence-electron chi connectivity index (χ3n) is 3.42. The molecule has 100 valence electrons. The molecule has 4 heteroatoms. The molecule has 2 heterocycles. The molecular weight excluding hydrogens is 278 g/mol. The fourth-order valence-corrected chi connectivity index (χ4v) is 3.33. The zero-order valence-electron chi connectivity index (χ0n) is 10.8. The van der Waals surface area contributed by atoms with Crippen LogP contribution in [0.15, 0.2) is 30.3 Å². The van der Waals surface area contributed by atoms with Gasteiger partial charge in [0.05, 0.1) is 10.9 Å². The highest BCUT2D eigenvalue weighted by atomic mass is 35.5. The van der Waals surface area contributed by atoms with Gasteiger partial charge in [-0.25, -0.2) is 0 Å². The Morgan fingerprint density at radius 1 is 1.37 bits per heavy atom. The largest absolute Gasteiger partial charge is 0.493 e. The van der Waals surface area contributed by atoms with Gasteiger partial charge in [-0.3, -0.25) is 0 Å². The van der Waals surface area contributed by atoms with E-state index in [1.165, 1.54) is 16.0 Å². The van der Waals surface area contributed by atoms with E-state index in [4.69, 9.17) is 16.3 Å². The molecule has 19 heavy (non-hydrogen) atoms. The molecule has 1 aromatic heterocycles. The Morgan fingerprint density at radius 3 is 3.05 bits per heavy atom. The first-order valence-electron chi connectivity index (χ1n) is 6.45. The van der Waals surface area contributed by atoms with Crippen LogP contribution in [-0.2, 0) is 13.0 Å². The van der Waals surface area contributed by atoms with Gasteiger partial charge < -0.3 is 10.1 Å². The molecule has 0 bridgehead atoms. The molecular formula is C15H16ClNOS. The first-order valence-corrected chi connectivity index (χ1v) is 7.65. The van der Waals surface area contributed by atoms with Gasteiger partial charge in [-0.1, -0.05) is 23.7 Å². The van der Waals surface area contributed by atoms with Crippen LogP contribution in [0.25, 0.3) is 0 Å². The second kappa shape index (κ2) is 5.53. The quantitative estimate of drug-likeness (QED) is 0.913. The zero-order chi connectivity index (χ0) is 13.2. The number of fused-ring (bicyclic) bond motifs is 1. The predicted octanol–water partition coefficient (Wildman–Crippen LogP) is 4.19. The van der Waals surface area contributed by atoms with Crippen molar-refractivity contribution in [2.45, 2.75) is 25.9 Å². The molecule has 1 atom stereocenters. The Kier molecular flexibility index (Phi) is 3.78. The van der Waals surface area contributed by atoms with E-state index in [0.717, 1.165) is 29.7 Å². The molecule has 1 aliphatic heterocycles. The SMILES string of the molecule is CC(NCc1ccc(Cl)s1)c1ccc2c(c1)CCO2. The van der Waals surface area contributed by atoms with E-state index in [1.54, 1.807) is 11.3 Å². The summed E-state index contributed by atoms with van der Waals surface area (Å²) in [5.74, 6) is 1.04.